The molecule has 0 saturated heterocycles. The van der Waals surface area contributed by atoms with E-state index in [-0.39, 0.29) is 12.0 Å². The van der Waals surface area contributed by atoms with Crippen LogP contribution in [0.3, 0.4) is 0 Å². The number of ether oxygens (including phenoxy) is 1. The van der Waals surface area contributed by atoms with Gasteiger partial charge in [-0.2, -0.15) is 0 Å². The Morgan fingerprint density at radius 3 is 2.86 bits per heavy atom. The van der Waals surface area contributed by atoms with E-state index in [0.29, 0.717) is 6.42 Å². The van der Waals surface area contributed by atoms with Gasteiger partial charge in [-0.05, 0) is 54.8 Å². The average Bonchev–Trinajstić information content (AvgIpc) is 2.47. The van der Waals surface area contributed by atoms with Crippen molar-refractivity contribution in [1.29, 1.82) is 0 Å². The predicted molar refractivity (Wildman–Crippen MR) is 83.3 cm³/mol. The van der Waals surface area contributed by atoms with Crippen molar-refractivity contribution >= 4 is 17.3 Å². The summed E-state index contributed by atoms with van der Waals surface area (Å²) >= 11 is 0. The molecule has 1 heterocycles. The summed E-state index contributed by atoms with van der Waals surface area (Å²) in [6.07, 6.45) is 1.21. The number of amides is 1. The lowest BCUT2D eigenvalue weighted by molar-refractivity contribution is -0.116. The number of nitrogen functional groups attached to an aromatic ring is 1. The first kappa shape index (κ1) is 13.5. The molecule has 0 saturated carbocycles. The van der Waals surface area contributed by atoms with Crippen LogP contribution < -0.4 is 15.8 Å². The van der Waals surface area contributed by atoms with E-state index < -0.39 is 0 Å². The van der Waals surface area contributed by atoms with Crippen molar-refractivity contribution in [2.45, 2.75) is 25.9 Å². The van der Waals surface area contributed by atoms with Crippen LogP contribution in [0.5, 0.6) is 5.75 Å². The van der Waals surface area contributed by atoms with Crippen molar-refractivity contribution in [3.63, 3.8) is 0 Å². The maximum atomic E-state index is 11.4. The number of carbonyl (C=O) groups excluding carboxylic acids is 1. The van der Waals surface area contributed by atoms with Crippen molar-refractivity contribution in [1.82, 2.24) is 0 Å². The van der Waals surface area contributed by atoms with E-state index in [9.17, 15) is 4.79 Å². The molecule has 3 N–H and O–H groups in total. The van der Waals surface area contributed by atoms with Gasteiger partial charge in [0.2, 0.25) is 5.91 Å². The molecule has 21 heavy (non-hydrogen) atoms. The van der Waals surface area contributed by atoms with Crippen LogP contribution in [-0.4, -0.2) is 5.91 Å². The molecule has 0 aromatic heterocycles. The maximum absolute atomic E-state index is 11.4. The Hall–Kier alpha value is -2.49. The minimum Gasteiger partial charge on any atom is -0.486 e. The second-order valence-corrected chi connectivity index (χ2v) is 5.30. The summed E-state index contributed by atoms with van der Waals surface area (Å²) in [5, 5.41) is 2.87. The number of hydrogen-bond acceptors (Lipinski definition) is 3. The van der Waals surface area contributed by atoms with Gasteiger partial charge >= 0.3 is 0 Å². The highest BCUT2D eigenvalue weighted by Crippen LogP contribution is 2.29. The first-order valence-corrected chi connectivity index (χ1v) is 7.07. The Morgan fingerprint density at radius 2 is 2.05 bits per heavy atom. The summed E-state index contributed by atoms with van der Waals surface area (Å²) in [5.41, 5.74) is 9.58. The molecule has 1 amide bonds. The van der Waals surface area contributed by atoms with Gasteiger partial charge in [0.1, 0.15) is 11.9 Å². The highest BCUT2D eigenvalue weighted by molar-refractivity contribution is 5.93. The molecule has 4 nitrogen and oxygen atoms in total. The number of benzene rings is 2. The summed E-state index contributed by atoms with van der Waals surface area (Å²) in [6.45, 7) is 2.00. The number of nitrogens with two attached hydrogens (primary N) is 1. The zero-order valence-electron chi connectivity index (χ0n) is 11.9. The number of nitrogens with one attached hydrogen (secondary N) is 1. The molecule has 1 unspecified atom stereocenters. The summed E-state index contributed by atoms with van der Waals surface area (Å²) < 4.78 is 5.98. The Balaban J connectivity index is 1.77. The van der Waals surface area contributed by atoms with Crippen molar-refractivity contribution in [2.24, 2.45) is 0 Å². The molecule has 1 aliphatic rings. The zero-order chi connectivity index (χ0) is 14.8. The van der Waals surface area contributed by atoms with E-state index in [2.05, 4.69) is 5.32 Å². The van der Waals surface area contributed by atoms with Crippen LogP contribution in [0, 0.1) is 0 Å². The summed E-state index contributed by atoms with van der Waals surface area (Å²) in [4.78, 5) is 11.4. The smallest absolute Gasteiger partial charge is 0.224 e. The van der Waals surface area contributed by atoms with Crippen LogP contribution >= 0.6 is 0 Å². The van der Waals surface area contributed by atoms with Crippen LogP contribution in [0.25, 0.3) is 0 Å². The van der Waals surface area contributed by atoms with Crippen LogP contribution in [0.4, 0.5) is 11.4 Å². The van der Waals surface area contributed by atoms with Gasteiger partial charge in [-0.1, -0.05) is 12.1 Å². The first-order valence-electron chi connectivity index (χ1n) is 7.07. The van der Waals surface area contributed by atoms with Gasteiger partial charge in [0.25, 0.3) is 0 Å². The number of fused-ring (bicyclic) bond motifs is 1. The minimum atomic E-state index is -0.0790. The van der Waals surface area contributed by atoms with Gasteiger partial charge < -0.3 is 15.8 Å². The molecule has 1 atom stereocenters. The van der Waals surface area contributed by atoms with Crippen molar-refractivity contribution in [3.05, 3.63) is 53.6 Å². The van der Waals surface area contributed by atoms with E-state index in [1.807, 2.05) is 49.4 Å². The van der Waals surface area contributed by atoms with Crippen molar-refractivity contribution in [3.8, 4) is 5.75 Å². The maximum Gasteiger partial charge on any atom is 0.224 e. The standard InChI is InChI=1S/C17H18N2O2/c1-11(12-3-2-4-14(18)9-12)21-15-6-7-16-13(10-15)5-8-17(20)19-16/h2-4,6-7,9-11H,5,8,18H2,1H3,(H,19,20). The quantitative estimate of drug-likeness (QED) is 0.849. The average molecular weight is 282 g/mol. The minimum absolute atomic E-state index is 0.0734. The van der Waals surface area contributed by atoms with E-state index in [1.165, 1.54) is 0 Å². The lowest BCUT2D eigenvalue weighted by Crippen LogP contribution is -2.18. The second kappa shape index (κ2) is 5.48. The molecule has 2 aromatic rings. The molecular weight excluding hydrogens is 264 g/mol. The van der Waals surface area contributed by atoms with E-state index in [4.69, 9.17) is 10.5 Å². The summed E-state index contributed by atoms with van der Waals surface area (Å²) in [7, 11) is 0. The lowest BCUT2D eigenvalue weighted by Gasteiger charge is -2.20. The topological polar surface area (TPSA) is 64.3 Å². The fourth-order valence-electron chi connectivity index (χ4n) is 2.52. The fourth-order valence-corrected chi connectivity index (χ4v) is 2.52. The first-order chi connectivity index (χ1) is 10.1. The van der Waals surface area contributed by atoms with Gasteiger partial charge in [-0.3, -0.25) is 4.79 Å². The lowest BCUT2D eigenvalue weighted by atomic mass is 10.0. The normalized spacial score (nSPS) is 15.0. The monoisotopic (exact) mass is 282 g/mol. The number of rotatable bonds is 3. The molecule has 4 heteroatoms. The Morgan fingerprint density at radius 1 is 1.19 bits per heavy atom. The van der Waals surface area contributed by atoms with Gasteiger partial charge in [0.15, 0.2) is 0 Å². The van der Waals surface area contributed by atoms with Gasteiger partial charge in [0, 0.05) is 17.8 Å². The summed E-state index contributed by atoms with van der Waals surface area (Å²) in [6, 6.07) is 13.5. The Labute approximate surface area is 123 Å². The third-order valence-corrected chi connectivity index (χ3v) is 3.67. The fraction of sp³-hybridized carbons (Fsp3) is 0.235. The molecule has 0 radical (unpaired) electrons. The largest absolute Gasteiger partial charge is 0.486 e. The second-order valence-electron chi connectivity index (χ2n) is 5.30. The number of hydrogen-bond donors (Lipinski definition) is 2. The Bertz CT molecular complexity index is 682. The molecule has 3 rings (SSSR count). The highest BCUT2D eigenvalue weighted by atomic mass is 16.5. The van der Waals surface area contributed by atoms with Gasteiger partial charge in [0.05, 0.1) is 0 Å². The van der Waals surface area contributed by atoms with Crippen LogP contribution in [0.1, 0.15) is 30.6 Å². The third kappa shape index (κ3) is 2.99. The van der Waals surface area contributed by atoms with Gasteiger partial charge in [-0.25, -0.2) is 0 Å². The third-order valence-electron chi connectivity index (χ3n) is 3.67. The van der Waals surface area contributed by atoms with E-state index in [0.717, 1.165) is 34.7 Å². The van der Waals surface area contributed by atoms with Crippen LogP contribution in [0.15, 0.2) is 42.5 Å². The van der Waals surface area contributed by atoms with E-state index in [1.54, 1.807) is 0 Å². The molecule has 2 aromatic carbocycles. The van der Waals surface area contributed by atoms with Crippen LogP contribution in [-0.2, 0) is 11.2 Å². The van der Waals surface area contributed by atoms with Crippen molar-refractivity contribution in [2.75, 3.05) is 11.1 Å². The SMILES string of the molecule is CC(Oc1ccc2c(c1)CCC(=O)N2)c1cccc(N)c1. The zero-order valence-corrected chi connectivity index (χ0v) is 11.9. The Kier molecular flexibility index (Phi) is 3.52. The van der Waals surface area contributed by atoms with Crippen molar-refractivity contribution < 1.29 is 9.53 Å². The van der Waals surface area contributed by atoms with Crippen LogP contribution in [0.2, 0.25) is 0 Å². The van der Waals surface area contributed by atoms with E-state index >= 15 is 0 Å². The highest BCUT2D eigenvalue weighted by Gasteiger charge is 2.16. The molecule has 0 spiro atoms. The predicted octanol–water partition coefficient (Wildman–Crippen LogP) is 3.29. The molecular formula is C17H18N2O2. The molecule has 0 bridgehead atoms. The number of anilines is 2. The summed E-state index contributed by atoms with van der Waals surface area (Å²) in [5.74, 6) is 0.879. The number of carbonyl (C=O) groups is 1. The van der Waals surface area contributed by atoms with Gasteiger partial charge in [-0.15, -0.1) is 0 Å². The number of aryl methyl sites for hydroxylation is 1. The molecule has 1 aliphatic heterocycles. The molecule has 0 aliphatic carbocycles. The molecule has 108 valence electrons. The molecule has 0 fully saturated rings.